The maximum atomic E-state index is 13.1. The van der Waals surface area contributed by atoms with E-state index in [9.17, 15) is 9.18 Å². The van der Waals surface area contributed by atoms with Crippen LogP contribution < -0.4 is 0 Å². The Labute approximate surface area is 184 Å². The van der Waals surface area contributed by atoms with E-state index in [2.05, 4.69) is 15.3 Å². The van der Waals surface area contributed by atoms with Crippen LogP contribution in [0.3, 0.4) is 0 Å². The number of unbranched alkanes of at least 4 members (excludes halogenated alkanes) is 2. The number of rotatable bonds is 8. The van der Waals surface area contributed by atoms with Crippen molar-refractivity contribution in [1.29, 1.82) is 0 Å². The first kappa shape index (κ1) is 21.2. The summed E-state index contributed by atoms with van der Waals surface area (Å²) in [5, 5.41) is 12.8. The highest BCUT2D eigenvalue weighted by Crippen LogP contribution is 2.28. The number of aromatic nitrogens is 4. The number of hydrogen-bond acceptors (Lipinski definition) is 4. The molecule has 0 bridgehead atoms. The summed E-state index contributed by atoms with van der Waals surface area (Å²) in [6, 6.07) is 10.3. The van der Waals surface area contributed by atoms with E-state index in [1.807, 2.05) is 37.8 Å². The number of fused-ring (bicyclic) bond motifs is 1. The Balaban J connectivity index is 1.23. The molecule has 0 aliphatic rings. The van der Waals surface area contributed by atoms with Crippen LogP contribution in [-0.2, 0) is 13.5 Å². The van der Waals surface area contributed by atoms with E-state index >= 15 is 0 Å². The van der Waals surface area contributed by atoms with E-state index < -0.39 is 0 Å². The molecule has 4 rings (SSSR count). The second-order valence-electron chi connectivity index (χ2n) is 7.86. The Morgan fingerprint density at radius 3 is 2.71 bits per heavy atom. The van der Waals surface area contributed by atoms with Crippen molar-refractivity contribution in [2.24, 2.45) is 7.05 Å². The summed E-state index contributed by atoms with van der Waals surface area (Å²) in [5.41, 5.74) is 3.75. The first-order chi connectivity index (χ1) is 14.9. The smallest absolute Gasteiger partial charge is 0.263 e. The third-order valence-corrected chi connectivity index (χ3v) is 6.65. The highest BCUT2D eigenvalue weighted by atomic mass is 32.1. The van der Waals surface area contributed by atoms with Gasteiger partial charge in [-0.3, -0.25) is 14.6 Å². The molecule has 3 aromatic heterocycles. The van der Waals surface area contributed by atoms with Gasteiger partial charge in [-0.1, -0.05) is 6.42 Å². The lowest BCUT2D eigenvalue weighted by atomic mass is 10.1. The number of aryl methyl sites for hydroxylation is 3. The van der Waals surface area contributed by atoms with Gasteiger partial charge in [0.05, 0.1) is 16.3 Å². The molecule has 0 aliphatic heterocycles. The van der Waals surface area contributed by atoms with Crippen molar-refractivity contribution in [2.45, 2.75) is 32.6 Å². The molecule has 3 heterocycles. The Morgan fingerprint density at radius 2 is 1.97 bits per heavy atom. The molecular weight excluding hydrogens is 413 g/mol. The minimum absolute atomic E-state index is 0.0677. The third-order valence-electron chi connectivity index (χ3n) is 5.46. The van der Waals surface area contributed by atoms with Gasteiger partial charge in [0.15, 0.2) is 0 Å². The number of H-pyrrole nitrogens is 1. The lowest BCUT2D eigenvalue weighted by molar-refractivity contribution is 0.0797. The van der Waals surface area contributed by atoms with Crippen LogP contribution in [0.4, 0.5) is 4.39 Å². The molecule has 4 aromatic rings. The Bertz CT molecular complexity index is 1160. The summed E-state index contributed by atoms with van der Waals surface area (Å²) in [6.45, 7) is 2.70. The van der Waals surface area contributed by atoms with Gasteiger partial charge in [-0.2, -0.15) is 10.2 Å². The van der Waals surface area contributed by atoms with E-state index in [0.29, 0.717) is 0 Å². The molecule has 0 spiro atoms. The fourth-order valence-corrected chi connectivity index (χ4v) is 4.82. The summed E-state index contributed by atoms with van der Waals surface area (Å²) < 4.78 is 14.9. The normalized spacial score (nSPS) is 11.4. The first-order valence-corrected chi connectivity index (χ1v) is 11.2. The van der Waals surface area contributed by atoms with Crippen LogP contribution in [0.15, 0.2) is 36.4 Å². The molecule has 0 aliphatic carbocycles. The molecular formula is C23H26FN5OS. The first-order valence-electron chi connectivity index (χ1n) is 10.4. The summed E-state index contributed by atoms with van der Waals surface area (Å²) in [6.07, 6.45) is 3.89. The minimum atomic E-state index is -0.248. The van der Waals surface area contributed by atoms with E-state index in [1.165, 1.54) is 23.5 Å². The number of carbonyl (C=O) groups is 1. The maximum absolute atomic E-state index is 13.1. The number of carbonyl (C=O) groups excluding carboxylic acids is 1. The second kappa shape index (κ2) is 9.01. The topological polar surface area (TPSA) is 66.8 Å². The van der Waals surface area contributed by atoms with Gasteiger partial charge in [0.1, 0.15) is 10.6 Å². The van der Waals surface area contributed by atoms with Gasteiger partial charge < -0.3 is 4.90 Å². The van der Waals surface area contributed by atoms with Crippen LogP contribution in [-0.4, -0.2) is 44.4 Å². The fraction of sp³-hybridized carbons (Fsp3) is 0.348. The van der Waals surface area contributed by atoms with Crippen LogP contribution >= 0.6 is 11.3 Å². The van der Waals surface area contributed by atoms with E-state index in [4.69, 9.17) is 0 Å². The zero-order valence-corrected chi connectivity index (χ0v) is 18.8. The fourth-order valence-electron chi connectivity index (χ4n) is 3.70. The van der Waals surface area contributed by atoms with E-state index in [0.717, 1.165) is 70.0 Å². The predicted molar refractivity (Wildman–Crippen MR) is 122 cm³/mol. The number of hydrogen-bond donors (Lipinski definition) is 1. The molecule has 31 heavy (non-hydrogen) atoms. The van der Waals surface area contributed by atoms with Gasteiger partial charge in [-0.25, -0.2) is 4.39 Å². The highest BCUT2D eigenvalue weighted by molar-refractivity contribution is 7.20. The molecule has 0 unspecified atom stereocenters. The van der Waals surface area contributed by atoms with Crippen molar-refractivity contribution in [1.82, 2.24) is 24.9 Å². The minimum Gasteiger partial charge on any atom is -0.341 e. The largest absolute Gasteiger partial charge is 0.341 e. The summed E-state index contributed by atoms with van der Waals surface area (Å²) in [4.78, 5) is 16.3. The summed E-state index contributed by atoms with van der Waals surface area (Å²) in [5.74, 6) is -0.180. The molecule has 8 heteroatoms. The summed E-state index contributed by atoms with van der Waals surface area (Å²) >= 11 is 1.50. The summed E-state index contributed by atoms with van der Waals surface area (Å²) in [7, 11) is 3.77. The molecule has 6 nitrogen and oxygen atoms in total. The molecule has 0 fully saturated rings. The zero-order chi connectivity index (χ0) is 22.0. The predicted octanol–water partition coefficient (Wildman–Crippen LogP) is 4.96. The molecule has 1 N–H and O–H groups in total. The van der Waals surface area contributed by atoms with Crippen molar-refractivity contribution in [2.75, 3.05) is 13.6 Å². The number of amides is 1. The zero-order valence-electron chi connectivity index (χ0n) is 18.0. The van der Waals surface area contributed by atoms with E-state index in [1.54, 1.807) is 17.0 Å². The maximum Gasteiger partial charge on any atom is 0.263 e. The van der Waals surface area contributed by atoms with Crippen LogP contribution in [0.25, 0.3) is 21.5 Å². The molecule has 0 saturated carbocycles. The highest BCUT2D eigenvalue weighted by Gasteiger charge is 2.18. The van der Waals surface area contributed by atoms with Gasteiger partial charge >= 0.3 is 0 Å². The van der Waals surface area contributed by atoms with Crippen molar-refractivity contribution < 1.29 is 9.18 Å². The van der Waals surface area contributed by atoms with Crippen LogP contribution in [0.5, 0.6) is 0 Å². The van der Waals surface area contributed by atoms with Crippen molar-refractivity contribution in [3.05, 3.63) is 58.5 Å². The van der Waals surface area contributed by atoms with Crippen molar-refractivity contribution in [3.8, 4) is 11.3 Å². The Hall–Kier alpha value is -3.00. The number of aromatic amines is 1. The standard InChI is InChI=1S/C23H26FN5OS/c1-15-19-14-21(31-23(19)29(3)27-15)22(30)28(2)12-6-4-5-7-18-13-20(26-25-18)16-8-10-17(24)11-9-16/h8-11,13-14H,4-7,12H2,1-3H3,(H,25,26). The van der Waals surface area contributed by atoms with Gasteiger partial charge in [-0.05, 0) is 62.6 Å². The third kappa shape index (κ3) is 4.69. The number of nitrogens with one attached hydrogen (secondary N) is 1. The second-order valence-corrected chi connectivity index (χ2v) is 8.89. The quantitative estimate of drug-likeness (QED) is 0.395. The van der Waals surface area contributed by atoms with Crippen LogP contribution in [0.2, 0.25) is 0 Å². The van der Waals surface area contributed by atoms with Crippen molar-refractivity contribution >= 4 is 27.5 Å². The molecule has 1 aromatic carbocycles. The number of benzene rings is 1. The number of nitrogens with zero attached hydrogens (tertiary/aromatic N) is 4. The average molecular weight is 440 g/mol. The van der Waals surface area contributed by atoms with E-state index in [-0.39, 0.29) is 11.7 Å². The number of thiophene rings is 1. The Kier molecular flexibility index (Phi) is 6.18. The van der Waals surface area contributed by atoms with Gasteiger partial charge in [0.2, 0.25) is 0 Å². The molecule has 0 radical (unpaired) electrons. The molecule has 0 atom stereocenters. The van der Waals surface area contributed by atoms with Crippen LogP contribution in [0.1, 0.15) is 40.3 Å². The van der Waals surface area contributed by atoms with Gasteiger partial charge in [-0.15, -0.1) is 11.3 Å². The number of halogens is 1. The monoisotopic (exact) mass is 439 g/mol. The Morgan fingerprint density at radius 1 is 1.19 bits per heavy atom. The lowest BCUT2D eigenvalue weighted by Gasteiger charge is -2.15. The molecule has 0 saturated heterocycles. The van der Waals surface area contributed by atoms with Crippen molar-refractivity contribution in [3.63, 3.8) is 0 Å². The SMILES string of the molecule is Cc1nn(C)c2sc(C(=O)N(C)CCCCCc3cc(-c4ccc(F)cc4)n[nH]3)cc12. The average Bonchev–Trinajstić information content (AvgIpc) is 3.46. The van der Waals surface area contributed by atoms with Crippen LogP contribution in [0, 0.1) is 12.7 Å². The molecule has 162 valence electrons. The lowest BCUT2D eigenvalue weighted by Crippen LogP contribution is -2.27. The van der Waals surface area contributed by atoms with Gasteiger partial charge in [0, 0.05) is 37.3 Å². The molecule has 1 amide bonds. The van der Waals surface area contributed by atoms with Gasteiger partial charge in [0.25, 0.3) is 5.91 Å².